The van der Waals surface area contributed by atoms with Crippen LogP contribution in [-0.2, 0) is 16.0 Å². The smallest absolute Gasteiger partial charge is 0.274 e. The molecule has 0 bridgehead atoms. The van der Waals surface area contributed by atoms with Crippen molar-refractivity contribution in [2.24, 2.45) is 5.92 Å². The van der Waals surface area contributed by atoms with Gasteiger partial charge in [-0.2, -0.15) is 5.10 Å². The summed E-state index contributed by atoms with van der Waals surface area (Å²) in [5.74, 6) is -0.520. The molecule has 28 heavy (non-hydrogen) atoms. The summed E-state index contributed by atoms with van der Waals surface area (Å²) in [5, 5.41) is 4.30. The molecular weight excluding hydrogens is 367 g/mol. The number of pyridine rings is 1. The van der Waals surface area contributed by atoms with Crippen molar-refractivity contribution in [3.05, 3.63) is 42.1 Å². The van der Waals surface area contributed by atoms with E-state index < -0.39 is 11.4 Å². The van der Waals surface area contributed by atoms with Gasteiger partial charge >= 0.3 is 0 Å². The van der Waals surface area contributed by atoms with Crippen LogP contribution in [0.2, 0.25) is 0 Å². The molecule has 2 aromatic rings. The molecule has 2 fully saturated rings. The Morgan fingerprint density at radius 3 is 3.07 bits per heavy atom. The lowest BCUT2D eigenvalue weighted by atomic mass is 9.81. The van der Waals surface area contributed by atoms with Crippen molar-refractivity contribution in [1.82, 2.24) is 19.7 Å². The third kappa shape index (κ3) is 3.59. The molecule has 1 spiro atoms. The number of ether oxygens (including phenoxy) is 3. The minimum atomic E-state index is -0.482. The summed E-state index contributed by atoms with van der Waals surface area (Å²) >= 11 is 0. The van der Waals surface area contributed by atoms with E-state index in [1.165, 1.54) is 18.3 Å². The van der Waals surface area contributed by atoms with E-state index in [9.17, 15) is 9.18 Å². The third-order valence-electron chi connectivity index (χ3n) is 5.33. The van der Waals surface area contributed by atoms with Crippen molar-refractivity contribution in [2.45, 2.75) is 18.6 Å². The van der Waals surface area contributed by atoms with E-state index in [-0.39, 0.29) is 17.7 Å². The minimum Gasteiger partial charge on any atom is -0.475 e. The third-order valence-corrected chi connectivity index (χ3v) is 5.33. The van der Waals surface area contributed by atoms with E-state index in [0.29, 0.717) is 45.1 Å². The first-order valence-electron chi connectivity index (χ1n) is 9.30. The average molecular weight is 390 g/mol. The second-order valence-corrected chi connectivity index (χ2v) is 7.12. The van der Waals surface area contributed by atoms with Crippen LogP contribution in [0.1, 0.15) is 16.9 Å². The zero-order chi connectivity index (χ0) is 19.6. The largest absolute Gasteiger partial charge is 0.475 e. The van der Waals surface area contributed by atoms with Gasteiger partial charge in [0.1, 0.15) is 11.3 Å². The average Bonchev–Trinajstić information content (AvgIpc) is 3.31. The SMILES string of the molecule is COCCn1ccc(C(=O)N2CC3(C2)OCC[C@@H]3COc2ncccc2F)n1. The fourth-order valence-corrected chi connectivity index (χ4v) is 3.72. The molecule has 0 aliphatic carbocycles. The van der Waals surface area contributed by atoms with Crippen molar-refractivity contribution in [2.75, 3.05) is 40.0 Å². The number of halogens is 1. The zero-order valence-corrected chi connectivity index (χ0v) is 15.7. The topological polar surface area (TPSA) is 78.7 Å². The molecule has 0 radical (unpaired) electrons. The van der Waals surface area contributed by atoms with E-state index in [1.807, 2.05) is 0 Å². The van der Waals surface area contributed by atoms with Crippen LogP contribution in [-0.4, -0.2) is 71.2 Å². The number of carbonyl (C=O) groups excluding carboxylic acids is 1. The van der Waals surface area contributed by atoms with Crippen molar-refractivity contribution in [3.8, 4) is 5.88 Å². The Morgan fingerprint density at radius 2 is 2.29 bits per heavy atom. The number of methoxy groups -OCH3 is 1. The highest BCUT2D eigenvalue weighted by atomic mass is 19.1. The van der Waals surface area contributed by atoms with Gasteiger partial charge in [0.2, 0.25) is 5.88 Å². The first-order chi connectivity index (χ1) is 13.6. The van der Waals surface area contributed by atoms with Gasteiger partial charge < -0.3 is 19.1 Å². The number of carbonyl (C=O) groups is 1. The normalized spacial score (nSPS) is 20.4. The molecule has 1 amide bonds. The molecule has 1 atom stereocenters. The fourth-order valence-electron chi connectivity index (χ4n) is 3.72. The van der Waals surface area contributed by atoms with Gasteiger partial charge in [-0.25, -0.2) is 9.37 Å². The lowest BCUT2D eigenvalue weighted by Gasteiger charge is -2.49. The highest BCUT2D eigenvalue weighted by Gasteiger charge is 2.55. The molecule has 2 saturated heterocycles. The van der Waals surface area contributed by atoms with Gasteiger partial charge in [-0.15, -0.1) is 0 Å². The van der Waals surface area contributed by atoms with Crippen molar-refractivity contribution in [1.29, 1.82) is 0 Å². The molecule has 2 aliphatic rings. The van der Waals surface area contributed by atoms with Crippen LogP contribution in [0.3, 0.4) is 0 Å². The van der Waals surface area contributed by atoms with Crippen LogP contribution in [0.4, 0.5) is 4.39 Å². The van der Waals surface area contributed by atoms with Crippen molar-refractivity contribution >= 4 is 5.91 Å². The summed E-state index contributed by atoms with van der Waals surface area (Å²) in [6, 6.07) is 4.55. The number of nitrogens with zero attached hydrogens (tertiary/aromatic N) is 4. The standard InChI is InChI=1S/C19H23FN4O4/c1-26-10-8-24-7-4-16(22-24)18(25)23-12-19(13-23)14(5-9-28-19)11-27-17-15(20)3-2-6-21-17/h2-4,6-7,14H,5,8-13H2,1H3/t14-/m1/s1. The van der Waals surface area contributed by atoms with Crippen molar-refractivity contribution < 1.29 is 23.4 Å². The Hall–Kier alpha value is -2.52. The van der Waals surface area contributed by atoms with E-state index in [4.69, 9.17) is 14.2 Å². The van der Waals surface area contributed by atoms with E-state index in [2.05, 4.69) is 10.1 Å². The maximum absolute atomic E-state index is 13.7. The molecule has 4 heterocycles. The number of amides is 1. The fraction of sp³-hybridized carbons (Fsp3) is 0.526. The molecule has 2 aromatic heterocycles. The van der Waals surface area contributed by atoms with Crippen LogP contribution in [0, 0.1) is 11.7 Å². The van der Waals surface area contributed by atoms with Gasteiger partial charge in [0.15, 0.2) is 5.82 Å². The van der Waals surface area contributed by atoms with E-state index >= 15 is 0 Å². The van der Waals surface area contributed by atoms with Crippen LogP contribution < -0.4 is 4.74 Å². The Balaban J connectivity index is 1.33. The molecule has 4 rings (SSSR count). The number of likely N-dealkylation sites (tertiary alicyclic amines) is 1. The molecular formula is C19H23FN4O4. The minimum absolute atomic E-state index is 0.00148. The summed E-state index contributed by atoms with van der Waals surface area (Å²) in [7, 11) is 1.62. The lowest BCUT2D eigenvalue weighted by Crippen LogP contribution is -2.66. The molecule has 0 saturated carbocycles. The summed E-state index contributed by atoms with van der Waals surface area (Å²) in [6.45, 7) is 3.01. The van der Waals surface area contributed by atoms with Gasteiger partial charge in [-0.05, 0) is 24.6 Å². The van der Waals surface area contributed by atoms with Gasteiger partial charge in [-0.1, -0.05) is 0 Å². The Morgan fingerprint density at radius 1 is 1.43 bits per heavy atom. The predicted molar refractivity (Wildman–Crippen MR) is 96.5 cm³/mol. The first kappa shape index (κ1) is 18.8. The van der Waals surface area contributed by atoms with Gasteiger partial charge in [0.05, 0.1) is 32.8 Å². The first-order valence-corrected chi connectivity index (χ1v) is 9.30. The Bertz CT molecular complexity index is 837. The summed E-state index contributed by atoms with van der Waals surface area (Å²) in [6.07, 6.45) is 4.07. The second-order valence-electron chi connectivity index (χ2n) is 7.12. The molecule has 8 nitrogen and oxygen atoms in total. The van der Waals surface area contributed by atoms with Crippen LogP contribution >= 0.6 is 0 Å². The number of hydrogen-bond donors (Lipinski definition) is 0. The van der Waals surface area contributed by atoms with Gasteiger partial charge in [-0.3, -0.25) is 9.48 Å². The summed E-state index contributed by atoms with van der Waals surface area (Å²) in [5.41, 5.74) is -0.0215. The lowest BCUT2D eigenvalue weighted by molar-refractivity contribution is -0.122. The summed E-state index contributed by atoms with van der Waals surface area (Å²) < 4.78 is 31.9. The highest BCUT2D eigenvalue weighted by Crippen LogP contribution is 2.40. The van der Waals surface area contributed by atoms with Crippen molar-refractivity contribution in [3.63, 3.8) is 0 Å². The molecule has 2 aliphatic heterocycles. The zero-order valence-electron chi connectivity index (χ0n) is 15.7. The van der Waals surface area contributed by atoms with E-state index in [1.54, 1.807) is 29.0 Å². The molecule has 0 N–H and O–H groups in total. The molecule has 150 valence electrons. The number of aromatic nitrogens is 3. The summed E-state index contributed by atoms with van der Waals surface area (Å²) in [4.78, 5) is 18.3. The molecule has 0 unspecified atom stereocenters. The quantitative estimate of drug-likeness (QED) is 0.711. The molecule has 9 heteroatoms. The Kier molecular flexibility index (Phi) is 5.27. The number of rotatable bonds is 7. The van der Waals surface area contributed by atoms with Gasteiger partial charge in [0.25, 0.3) is 5.91 Å². The van der Waals surface area contributed by atoms with E-state index in [0.717, 1.165) is 6.42 Å². The maximum atomic E-state index is 13.7. The van der Waals surface area contributed by atoms with Crippen LogP contribution in [0.15, 0.2) is 30.6 Å². The highest BCUT2D eigenvalue weighted by molar-refractivity contribution is 5.93. The van der Waals surface area contributed by atoms with Crippen LogP contribution in [0.25, 0.3) is 0 Å². The monoisotopic (exact) mass is 390 g/mol. The maximum Gasteiger partial charge on any atom is 0.274 e. The Labute approximate surface area is 162 Å². The van der Waals surface area contributed by atoms with Crippen LogP contribution in [0.5, 0.6) is 5.88 Å². The molecule has 0 aromatic carbocycles. The number of hydrogen-bond acceptors (Lipinski definition) is 6. The predicted octanol–water partition coefficient (Wildman–Crippen LogP) is 1.37. The van der Waals surface area contributed by atoms with Gasteiger partial charge in [0, 0.05) is 32.0 Å². The second kappa shape index (κ2) is 7.84.